The Morgan fingerprint density at radius 1 is 1.17 bits per heavy atom. The summed E-state index contributed by atoms with van der Waals surface area (Å²) in [6.07, 6.45) is 1.90. The zero-order valence-electron chi connectivity index (χ0n) is 13.5. The SMILES string of the molecule is CCc1cccc(C)c1NC(=O)CCCNC(=O)c1cccs1. The molecule has 2 N–H and O–H groups in total. The number of nitrogens with one attached hydrogen (secondary N) is 2. The van der Waals surface area contributed by atoms with Crippen molar-refractivity contribution in [1.29, 1.82) is 0 Å². The highest BCUT2D eigenvalue weighted by atomic mass is 32.1. The van der Waals surface area contributed by atoms with E-state index in [-0.39, 0.29) is 11.8 Å². The van der Waals surface area contributed by atoms with Crippen molar-refractivity contribution in [2.24, 2.45) is 0 Å². The average molecular weight is 330 g/mol. The molecule has 0 fully saturated rings. The largest absolute Gasteiger partial charge is 0.351 e. The highest BCUT2D eigenvalue weighted by Gasteiger charge is 2.09. The van der Waals surface area contributed by atoms with Crippen molar-refractivity contribution < 1.29 is 9.59 Å². The number of hydrogen-bond acceptors (Lipinski definition) is 3. The van der Waals surface area contributed by atoms with Crippen LogP contribution in [0.15, 0.2) is 35.7 Å². The van der Waals surface area contributed by atoms with E-state index in [1.807, 2.05) is 36.6 Å². The van der Waals surface area contributed by atoms with E-state index in [1.165, 1.54) is 11.3 Å². The molecule has 2 rings (SSSR count). The lowest BCUT2D eigenvalue weighted by Gasteiger charge is -2.13. The lowest BCUT2D eigenvalue weighted by Crippen LogP contribution is -2.24. The summed E-state index contributed by atoms with van der Waals surface area (Å²) in [7, 11) is 0. The van der Waals surface area contributed by atoms with E-state index in [0.717, 1.165) is 23.2 Å². The molecule has 4 nitrogen and oxygen atoms in total. The van der Waals surface area contributed by atoms with Crippen LogP contribution in [0, 0.1) is 6.92 Å². The van der Waals surface area contributed by atoms with E-state index in [1.54, 1.807) is 6.07 Å². The van der Waals surface area contributed by atoms with Crippen molar-refractivity contribution in [1.82, 2.24) is 5.32 Å². The second kappa shape index (κ2) is 8.48. The lowest BCUT2D eigenvalue weighted by atomic mass is 10.1. The van der Waals surface area contributed by atoms with Crippen LogP contribution in [0.1, 0.15) is 40.6 Å². The van der Waals surface area contributed by atoms with Crippen LogP contribution in [0.25, 0.3) is 0 Å². The van der Waals surface area contributed by atoms with Crippen molar-refractivity contribution in [2.45, 2.75) is 33.1 Å². The summed E-state index contributed by atoms with van der Waals surface area (Å²) in [6, 6.07) is 9.67. The number of aryl methyl sites for hydroxylation is 2. The molecule has 2 aromatic rings. The van der Waals surface area contributed by atoms with Gasteiger partial charge in [0.1, 0.15) is 0 Å². The van der Waals surface area contributed by atoms with Crippen molar-refractivity contribution in [2.75, 3.05) is 11.9 Å². The maximum atomic E-state index is 12.1. The molecule has 0 bridgehead atoms. The van der Waals surface area contributed by atoms with Crippen molar-refractivity contribution >= 4 is 28.8 Å². The van der Waals surface area contributed by atoms with Gasteiger partial charge < -0.3 is 10.6 Å². The van der Waals surface area contributed by atoms with Crippen LogP contribution in [-0.4, -0.2) is 18.4 Å². The Labute approximate surface area is 140 Å². The van der Waals surface area contributed by atoms with Gasteiger partial charge in [0.15, 0.2) is 0 Å². The molecular weight excluding hydrogens is 308 g/mol. The minimum atomic E-state index is -0.0763. The maximum absolute atomic E-state index is 12.1. The molecule has 0 atom stereocenters. The Balaban J connectivity index is 1.77. The van der Waals surface area contributed by atoms with E-state index in [2.05, 4.69) is 17.6 Å². The fourth-order valence-corrected chi connectivity index (χ4v) is 2.99. The molecule has 5 heteroatoms. The van der Waals surface area contributed by atoms with Gasteiger partial charge in [-0.2, -0.15) is 0 Å². The summed E-state index contributed by atoms with van der Waals surface area (Å²) in [4.78, 5) is 24.5. The van der Waals surface area contributed by atoms with Gasteiger partial charge in [0.25, 0.3) is 5.91 Å². The normalized spacial score (nSPS) is 10.3. The third-order valence-electron chi connectivity index (χ3n) is 3.62. The molecule has 0 aliphatic carbocycles. The van der Waals surface area contributed by atoms with E-state index >= 15 is 0 Å². The van der Waals surface area contributed by atoms with E-state index in [4.69, 9.17) is 0 Å². The Morgan fingerprint density at radius 3 is 2.70 bits per heavy atom. The monoisotopic (exact) mass is 330 g/mol. The van der Waals surface area contributed by atoms with Gasteiger partial charge in [-0.3, -0.25) is 9.59 Å². The Bertz CT molecular complexity index is 666. The van der Waals surface area contributed by atoms with Crippen LogP contribution in [-0.2, 0) is 11.2 Å². The Kier molecular flexibility index (Phi) is 6.35. The molecule has 1 heterocycles. The first-order valence-corrected chi connectivity index (χ1v) is 8.69. The number of thiophene rings is 1. The zero-order valence-corrected chi connectivity index (χ0v) is 14.3. The summed E-state index contributed by atoms with van der Waals surface area (Å²) in [6.45, 7) is 4.57. The zero-order chi connectivity index (χ0) is 16.7. The fraction of sp³-hybridized carbons (Fsp3) is 0.333. The first kappa shape index (κ1) is 17.2. The van der Waals surface area contributed by atoms with Crippen LogP contribution >= 0.6 is 11.3 Å². The van der Waals surface area contributed by atoms with Crippen molar-refractivity contribution in [3.63, 3.8) is 0 Å². The van der Waals surface area contributed by atoms with Gasteiger partial charge in [0, 0.05) is 18.7 Å². The minimum Gasteiger partial charge on any atom is -0.351 e. The summed E-state index contributed by atoms with van der Waals surface area (Å²) in [5.41, 5.74) is 3.13. The standard InChI is InChI=1S/C18H22N2O2S/c1-3-14-8-4-7-13(2)17(14)20-16(21)10-5-11-19-18(22)15-9-6-12-23-15/h4,6-9,12H,3,5,10-11H2,1-2H3,(H,19,22)(H,20,21). The third-order valence-corrected chi connectivity index (χ3v) is 4.48. The molecular formula is C18H22N2O2S. The molecule has 0 saturated heterocycles. The van der Waals surface area contributed by atoms with Gasteiger partial charge >= 0.3 is 0 Å². The van der Waals surface area contributed by atoms with Gasteiger partial charge in [-0.05, 0) is 42.3 Å². The molecule has 1 aromatic carbocycles. The molecule has 122 valence electrons. The van der Waals surface area contributed by atoms with Gasteiger partial charge in [0.2, 0.25) is 5.91 Å². The summed E-state index contributed by atoms with van der Waals surface area (Å²) >= 11 is 1.41. The Morgan fingerprint density at radius 2 is 2.00 bits per heavy atom. The van der Waals surface area contributed by atoms with Gasteiger partial charge in [0.05, 0.1) is 4.88 Å². The molecule has 0 radical (unpaired) electrons. The van der Waals surface area contributed by atoms with Gasteiger partial charge in [-0.15, -0.1) is 11.3 Å². The van der Waals surface area contributed by atoms with E-state index < -0.39 is 0 Å². The van der Waals surface area contributed by atoms with Crippen molar-refractivity contribution in [3.05, 3.63) is 51.7 Å². The number of hydrogen-bond donors (Lipinski definition) is 2. The number of benzene rings is 1. The smallest absolute Gasteiger partial charge is 0.261 e. The van der Waals surface area contributed by atoms with E-state index in [0.29, 0.717) is 24.3 Å². The topological polar surface area (TPSA) is 58.2 Å². The van der Waals surface area contributed by atoms with Crippen LogP contribution in [0.2, 0.25) is 0 Å². The molecule has 0 unspecified atom stereocenters. The second-order valence-corrected chi connectivity index (χ2v) is 6.30. The molecule has 0 spiro atoms. The molecule has 0 aliphatic rings. The molecule has 2 amide bonds. The highest BCUT2D eigenvalue weighted by molar-refractivity contribution is 7.12. The van der Waals surface area contributed by atoms with E-state index in [9.17, 15) is 9.59 Å². The van der Waals surface area contributed by atoms with Crippen LogP contribution in [0.3, 0.4) is 0 Å². The molecule has 0 saturated carbocycles. The molecule has 23 heavy (non-hydrogen) atoms. The lowest BCUT2D eigenvalue weighted by molar-refractivity contribution is -0.116. The summed E-state index contributed by atoms with van der Waals surface area (Å²) in [5, 5.41) is 7.70. The maximum Gasteiger partial charge on any atom is 0.261 e. The van der Waals surface area contributed by atoms with Crippen LogP contribution < -0.4 is 10.6 Å². The average Bonchev–Trinajstić information content (AvgIpc) is 3.08. The van der Waals surface area contributed by atoms with Crippen LogP contribution in [0.4, 0.5) is 5.69 Å². The van der Waals surface area contributed by atoms with Crippen molar-refractivity contribution in [3.8, 4) is 0 Å². The number of carbonyl (C=O) groups is 2. The number of anilines is 1. The highest BCUT2D eigenvalue weighted by Crippen LogP contribution is 2.21. The first-order chi connectivity index (χ1) is 11.1. The summed E-state index contributed by atoms with van der Waals surface area (Å²) in [5.74, 6) is -0.0908. The molecule has 0 aliphatic heterocycles. The quantitative estimate of drug-likeness (QED) is 0.759. The minimum absolute atomic E-state index is 0.0145. The molecule has 1 aromatic heterocycles. The number of carbonyl (C=O) groups excluding carboxylic acids is 2. The van der Waals surface area contributed by atoms with Gasteiger partial charge in [-0.25, -0.2) is 0 Å². The second-order valence-electron chi connectivity index (χ2n) is 5.35. The van der Waals surface area contributed by atoms with Gasteiger partial charge in [-0.1, -0.05) is 31.2 Å². The third kappa shape index (κ3) is 4.93. The predicted octanol–water partition coefficient (Wildman–Crippen LogP) is 3.77. The Hall–Kier alpha value is -2.14. The number of amides is 2. The predicted molar refractivity (Wildman–Crippen MR) is 95.1 cm³/mol. The number of rotatable bonds is 7. The van der Waals surface area contributed by atoms with Crippen LogP contribution in [0.5, 0.6) is 0 Å². The fourth-order valence-electron chi connectivity index (χ4n) is 2.35. The number of para-hydroxylation sites is 1. The summed E-state index contributed by atoms with van der Waals surface area (Å²) < 4.78 is 0. The first-order valence-electron chi connectivity index (χ1n) is 7.82.